The molecular weight excluding hydrogens is 304 g/mol. The van der Waals surface area contributed by atoms with Crippen LogP contribution in [-0.2, 0) is 4.79 Å². The second-order valence-corrected chi connectivity index (χ2v) is 7.43. The molecule has 0 aliphatic carbocycles. The predicted molar refractivity (Wildman–Crippen MR) is 91.7 cm³/mol. The van der Waals surface area contributed by atoms with Crippen molar-refractivity contribution in [2.45, 2.75) is 27.2 Å². The van der Waals surface area contributed by atoms with Gasteiger partial charge in [-0.1, -0.05) is 6.07 Å². The molecule has 2 fully saturated rings. The summed E-state index contributed by atoms with van der Waals surface area (Å²) in [6.45, 7) is 8.06. The number of aliphatic hydroxyl groups is 1. The molecule has 3 rings (SSSR count). The Balaban J connectivity index is 1.80. The van der Waals surface area contributed by atoms with Gasteiger partial charge in [0.25, 0.3) is 5.91 Å². The quantitative estimate of drug-likeness (QED) is 0.896. The van der Waals surface area contributed by atoms with Gasteiger partial charge in [0.2, 0.25) is 5.91 Å². The van der Waals surface area contributed by atoms with Crippen molar-refractivity contribution >= 4 is 11.8 Å². The Morgan fingerprint density at radius 1 is 1.21 bits per heavy atom. The van der Waals surface area contributed by atoms with Gasteiger partial charge in [0.05, 0.1) is 6.61 Å². The average Bonchev–Trinajstić information content (AvgIpc) is 2.96. The normalized spacial score (nSPS) is 26.4. The summed E-state index contributed by atoms with van der Waals surface area (Å²) >= 11 is 0. The minimum atomic E-state index is -0.376. The second-order valence-electron chi connectivity index (χ2n) is 7.43. The third-order valence-corrected chi connectivity index (χ3v) is 5.87. The summed E-state index contributed by atoms with van der Waals surface area (Å²) < 4.78 is 0. The molecule has 0 spiro atoms. The summed E-state index contributed by atoms with van der Waals surface area (Å²) in [6.07, 6.45) is 0.834. The van der Waals surface area contributed by atoms with Gasteiger partial charge in [0.15, 0.2) is 0 Å². The van der Waals surface area contributed by atoms with E-state index in [9.17, 15) is 14.7 Å². The number of carbonyl (C=O) groups is 2. The number of hydrogen-bond donors (Lipinski definition) is 1. The molecule has 2 amide bonds. The van der Waals surface area contributed by atoms with Crippen LogP contribution in [0.4, 0.5) is 0 Å². The van der Waals surface area contributed by atoms with Gasteiger partial charge in [-0.3, -0.25) is 9.59 Å². The van der Waals surface area contributed by atoms with Gasteiger partial charge in [-0.05, 0) is 49.4 Å². The number of fused-ring (bicyclic) bond motifs is 1. The standard InChI is InChI=1S/C19H26N2O3/c1-13-4-5-16(8-14(13)2)18(24)20-7-6-17-9-21(15(3)23)11-19(17,10-20)12-22/h4-5,8,17,22H,6-7,9-12H2,1-3H3. The molecule has 1 aromatic rings. The highest BCUT2D eigenvalue weighted by Gasteiger charge is 2.50. The molecule has 1 N–H and O–H groups in total. The Kier molecular flexibility index (Phi) is 4.38. The van der Waals surface area contributed by atoms with Gasteiger partial charge in [-0.15, -0.1) is 0 Å². The molecular formula is C19H26N2O3. The summed E-state index contributed by atoms with van der Waals surface area (Å²) in [4.78, 5) is 28.3. The van der Waals surface area contributed by atoms with Crippen LogP contribution in [0, 0.1) is 25.2 Å². The first-order valence-corrected chi connectivity index (χ1v) is 8.59. The van der Waals surface area contributed by atoms with Gasteiger partial charge in [0.1, 0.15) is 0 Å². The Labute approximate surface area is 143 Å². The highest BCUT2D eigenvalue weighted by Crippen LogP contribution is 2.42. The van der Waals surface area contributed by atoms with Crippen molar-refractivity contribution in [1.29, 1.82) is 0 Å². The van der Waals surface area contributed by atoms with Gasteiger partial charge < -0.3 is 14.9 Å². The molecule has 130 valence electrons. The zero-order valence-electron chi connectivity index (χ0n) is 14.7. The number of benzene rings is 1. The molecule has 2 aliphatic heterocycles. The van der Waals surface area contributed by atoms with E-state index in [0.29, 0.717) is 31.7 Å². The summed E-state index contributed by atoms with van der Waals surface area (Å²) in [6, 6.07) is 5.79. The number of amides is 2. The van der Waals surface area contributed by atoms with Crippen LogP contribution < -0.4 is 0 Å². The first-order valence-electron chi connectivity index (χ1n) is 8.59. The molecule has 0 radical (unpaired) electrons. The molecule has 5 nitrogen and oxygen atoms in total. The smallest absolute Gasteiger partial charge is 0.253 e. The number of hydrogen-bond acceptors (Lipinski definition) is 3. The second kappa shape index (κ2) is 6.20. The van der Waals surface area contributed by atoms with Crippen LogP contribution in [0.5, 0.6) is 0 Å². The monoisotopic (exact) mass is 330 g/mol. The Morgan fingerprint density at radius 3 is 2.54 bits per heavy atom. The lowest BCUT2D eigenvalue weighted by Gasteiger charge is -2.43. The lowest BCUT2D eigenvalue weighted by molar-refractivity contribution is -0.128. The summed E-state index contributed by atoms with van der Waals surface area (Å²) in [5, 5.41) is 10.0. The molecule has 2 unspecified atom stereocenters. The topological polar surface area (TPSA) is 60.9 Å². The molecule has 1 aromatic carbocycles. The van der Waals surface area contributed by atoms with Crippen LogP contribution in [0.25, 0.3) is 0 Å². The third kappa shape index (κ3) is 2.81. The maximum absolute atomic E-state index is 12.9. The lowest BCUT2D eigenvalue weighted by Crippen LogP contribution is -2.52. The van der Waals surface area contributed by atoms with E-state index >= 15 is 0 Å². The van der Waals surface area contributed by atoms with E-state index in [0.717, 1.165) is 12.0 Å². The van der Waals surface area contributed by atoms with E-state index in [1.807, 2.05) is 41.8 Å². The fourth-order valence-electron chi connectivity index (χ4n) is 4.08. The zero-order chi connectivity index (χ0) is 17.5. The number of aliphatic hydroxyl groups excluding tert-OH is 1. The molecule has 0 saturated carbocycles. The highest BCUT2D eigenvalue weighted by molar-refractivity contribution is 5.94. The lowest BCUT2D eigenvalue weighted by atomic mass is 9.74. The van der Waals surface area contributed by atoms with E-state index in [2.05, 4.69) is 0 Å². The molecule has 2 atom stereocenters. The molecule has 0 aromatic heterocycles. The van der Waals surface area contributed by atoms with Crippen LogP contribution in [0.1, 0.15) is 34.8 Å². The summed E-state index contributed by atoms with van der Waals surface area (Å²) in [7, 11) is 0. The van der Waals surface area contributed by atoms with Crippen LogP contribution >= 0.6 is 0 Å². The first-order chi connectivity index (χ1) is 11.4. The number of aryl methyl sites for hydroxylation is 2. The number of piperidine rings is 1. The Morgan fingerprint density at radius 2 is 1.92 bits per heavy atom. The van der Waals surface area contributed by atoms with Crippen molar-refractivity contribution in [3.05, 3.63) is 34.9 Å². The number of nitrogens with zero attached hydrogens (tertiary/aromatic N) is 2. The van der Waals surface area contributed by atoms with Crippen LogP contribution in [-0.4, -0.2) is 59.5 Å². The molecule has 24 heavy (non-hydrogen) atoms. The molecule has 0 bridgehead atoms. The summed E-state index contributed by atoms with van der Waals surface area (Å²) in [5.41, 5.74) is 2.60. The fourth-order valence-corrected chi connectivity index (χ4v) is 4.08. The molecule has 2 saturated heterocycles. The third-order valence-electron chi connectivity index (χ3n) is 5.87. The fraction of sp³-hybridized carbons (Fsp3) is 0.579. The average molecular weight is 330 g/mol. The van der Waals surface area contributed by atoms with E-state index in [1.165, 1.54) is 5.56 Å². The number of rotatable bonds is 2. The van der Waals surface area contributed by atoms with Crippen molar-refractivity contribution in [1.82, 2.24) is 9.80 Å². The number of likely N-dealkylation sites (tertiary alicyclic amines) is 2. The van der Waals surface area contributed by atoms with Crippen LogP contribution in [0.3, 0.4) is 0 Å². The van der Waals surface area contributed by atoms with Crippen molar-refractivity contribution in [3.63, 3.8) is 0 Å². The van der Waals surface area contributed by atoms with Crippen molar-refractivity contribution in [2.24, 2.45) is 11.3 Å². The Bertz CT molecular complexity index is 673. The van der Waals surface area contributed by atoms with E-state index in [1.54, 1.807) is 6.92 Å². The van der Waals surface area contributed by atoms with Crippen LogP contribution in [0.15, 0.2) is 18.2 Å². The Hall–Kier alpha value is -1.88. The molecule has 2 aliphatic rings. The maximum atomic E-state index is 12.9. The van der Waals surface area contributed by atoms with Crippen molar-refractivity contribution in [3.8, 4) is 0 Å². The van der Waals surface area contributed by atoms with E-state index in [-0.39, 0.29) is 29.8 Å². The van der Waals surface area contributed by atoms with E-state index < -0.39 is 0 Å². The highest BCUT2D eigenvalue weighted by atomic mass is 16.3. The van der Waals surface area contributed by atoms with Gasteiger partial charge in [-0.25, -0.2) is 0 Å². The zero-order valence-corrected chi connectivity index (χ0v) is 14.7. The van der Waals surface area contributed by atoms with Gasteiger partial charge >= 0.3 is 0 Å². The molecule has 2 heterocycles. The first kappa shape index (κ1) is 17.0. The number of carbonyl (C=O) groups excluding carboxylic acids is 2. The minimum Gasteiger partial charge on any atom is -0.396 e. The van der Waals surface area contributed by atoms with Gasteiger partial charge in [-0.2, -0.15) is 0 Å². The molecule has 5 heteroatoms. The SMILES string of the molecule is CC(=O)N1CC2CCN(C(=O)c3ccc(C)c(C)c3)CC2(CO)C1. The minimum absolute atomic E-state index is 0.0121. The predicted octanol–water partition coefficient (Wildman–Crippen LogP) is 1.61. The van der Waals surface area contributed by atoms with Crippen LogP contribution in [0.2, 0.25) is 0 Å². The van der Waals surface area contributed by atoms with Crippen molar-refractivity contribution < 1.29 is 14.7 Å². The van der Waals surface area contributed by atoms with E-state index in [4.69, 9.17) is 0 Å². The summed E-state index contributed by atoms with van der Waals surface area (Å²) in [5.74, 6) is 0.338. The largest absolute Gasteiger partial charge is 0.396 e. The van der Waals surface area contributed by atoms with Gasteiger partial charge in [0, 0.05) is 44.1 Å². The van der Waals surface area contributed by atoms with Crippen molar-refractivity contribution in [2.75, 3.05) is 32.8 Å². The maximum Gasteiger partial charge on any atom is 0.253 e.